The molecular weight excluding hydrogens is 248 g/mol. The Morgan fingerprint density at radius 2 is 2.16 bits per heavy atom. The van der Waals surface area contributed by atoms with Crippen LogP contribution in [-0.4, -0.2) is 32.6 Å². The summed E-state index contributed by atoms with van der Waals surface area (Å²) in [7, 11) is 0. The zero-order valence-corrected chi connectivity index (χ0v) is 10.6. The van der Waals surface area contributed by atoms with Crippen molar-refractivity contribution in [2.24, 2.45) is 0 Å². The molecule has 104 valence electrons. The number of nitrogens with one attached hydrogen (secondary N) is 3. The van der Waals surface area contributed by atoms with Crippen molar-refractivity contribution in [1.29, 1.82) is 0 Å². The van der Waals surface area contributed by atoms with Gasteiger partial charge in [0.25, 0.3) is 0 Å². The predicted molar refractivity (Wildman–Crippen MR) is 67.4 cm³/mol. The average molecular weight is 266 g/mol. The molecule has 0 atom stereocenters. The van der Waals surface area contributed by atoms with Crippen molar-refractivity contribution in [2.45, 2.75) is 44.2 Å². The highest BCUT2D eigenvalue weighted by molar-refractivity contribution is 5.76. The molecule has 1 aliphatic carbocycles. The van der Waals surface area contributed by atoms with Crippen molar-refractivity contribution in [2.75, 3.05) is 0 Å². The predicted octanol–water partition coefficient (Wildman–Crippen LogP) is 0.996. The van der Waals surface area contributed by atoms with E-state index >= 15 is 0 Å². The SMILES string of the molecule is O=C(O)CC1(NC(=O)NCc2ncc[nH]2)CCCC1. The number of carboxylic acid groups (broad SMARTS) is 1. The van der Waals surface area contributed by atoms with E-state index in [9.17, 15) is 9.59 Å². The van der Waals surface area contributed by atoms with Crippen LogP contribution in [0, 0.1) is 0 Å². The number of carbonyl (C=O) groups is 2. The lowest BCUT2D eigenvalue weighted by molar-refractivity contribution is -0.138. The molecule has 4 N–H and O–H groups in total. The van der Waals surface area contributed by atoms with Gasteiger partial charge in [-0.1, -0.05) is 12.8 Å². The van der Waals surface area contributed by atoms with Gasteiger partial charge in [-0.3, -0.25) is 4.79 Å². The van der Waals surface area contributed by atoms with Gasteiger partial charge in [-0.2, -0.15) is 0 Å². The first kappa shape index (κ1) is 13.4. The fourth-order valence-corrected chi connectivity index (χ4v) is 2.53. The number of aliphatic carboxylic acids is 1. The zero-order valence-electron chi connectivity index (χ0n) is 10.6. The van der Waals surface area contributed by atoms with Crippen LogP contribution in [0.15, 0.2) is 12.4 Å². The van der Waals surface area contributed by atoms with Crippen LogP contribution >= 0.6 is 0 Å². The van der Waals surface area contributed by atoms with E-state index in [0.29, 0.717) is 25.2 Å². The molecule has 1 heterocycles. The highest BCUT2D eigenvalue weighted by Gasteiger charge is 2.37. The van der Waals surface area contributed by atoms with E-state index in [1.807, 2.05) is 0 Å². The van der Waals surface area contributed by atoms with Crippen molar-refractivity contribution < 1.29 is 14.7 Å². The van der Waals surface area contributed by atoms with Gasteiger partial charge in [0.05, 0.1) is 18.5 Å². The number of aromatic amines is 1. The van der Waals surface area contributed by atoms with Crippen molar-refractivity contribution >= 4 is 12.0 Å². The van der Waals surface area contributed by atoms with Crippen LogP contribution in [0.25, 0.3) is 0 Å². The number of carbonyl (C=O) groups excluding carboxylic acids is 1. The monoisotopic (exact) mass is 266 g/mol. The molecule has 0 unspecified atom stereocenters. The number of H-pyrrole nitrogens is 1. The number of nitrogens with zero attached hydrogens (tertiary/aromatic N) is 1. The normalized spacial score (nSPS) is 17.1. The number of urea groups is 1. The second kappa shape index (κ2) is 5.73. The number of imidazole rings is 1. The summed E-state index contributed by atoms with van der Waals surface area (Å²) in [6.07, 6.45) is 6.59. The molecule has 2 rings (SSSR count). The van der Waals surface area contributed by atoms with Crippen molar-refractivity contribution in [3.05, 3.63) is 18.2 Å². The number of carboxylic acids is 1. The quantitative estimate of drug-likeness (QED) is 0.637. The lowest BCUT2D eigenvalue weighted by Gasteiger charge is -2.28. The largest absolute Gasteiger partial charge is 0.481 e. The van der Waals surface area contributed by atoms with Crippen LogP contribution in [0.2, 0.25) is 0 Å². The molecule has 0 aromatic carbocycles. The summed E-state index contributed by atoms with van der Waals surface area (Å²) < 4.78 is 0. The van der Waals surface area contributed by atoms with Gasteiger partial charge in [0, 0.05) is 12.4 Å². The molecule has 1 fully saturated rings. The van der Waals surface area contributed by atoms with E-state index in [0.717, 1.165) is 12.8 Å². The number of hydrogen-bond donors (Lipinski definition) is 4. The average Bonchev–Trinajstić information content (AvgIpc) is 2.97. The first-order chi connectivity index (χ1) is 9.10. The molecule has 1 aliphatic rings. The molecule has 7 nitrogen and oxygen atoms in total. The Balaban J connectivity index is 1.86. The second-order valence-corrected chi connectivity index (χ2v) is 4.90. The van der Waals surface area contributed by atoms with Gasteiger partial charge < -0.3 is 20.7 Å². The summed E-state index contributed by atoms with van der Waals surface area (Å²) in [6.45, 7) is 0.294. The van der Waals surface area contributed by atoms with E-state index in [2.05, 4.69) is 20.6 Å². The summed E-state index contributed by atoms with van der Waals surface area (Å²) in [6, 6.07) is -0.348. The molecule has 0 saturated heterocycles. The molecule has 0 spiro atoms. The fraction of sp³-hybridized carbons (Fsp3) is 0.583. The van der Waals surface area contributed by atoms with Crippen LogP contribution in [0.4, 0.5) is 4.79 Å². The molecule has 0 aliphatic heterocycles. The molecular formula is C12H18N4O3. The highest BCUT2D eigenvalue weighted by Crippen LogP contribution is 2.32. The number of aromatic nitrogens is 2. The molecule has 0 bridgehead atoms. The lowest BCUT2D eigenvalue weighted by Crippen LogP contribution is -2.51. The Morgan fingerprint density at radius 3 is 2.74 bits per heavy atom. The van der Waals surface area contributed by atoms with Crippen LogP contribution in [-0.2, 0) is 11.3 Å². The summed E-state index contributed by atoms with van der Waals surface area (Å²) in [5.74, 6) is -0.220. The van der Waals surface area contributed by atoms with E-state index in [1.165, 1.54) is 0 Å². The smallest absolute Gasteiger partial charge is 0.315 e. The maximum atomic E-state index is 11.8. The molecule has 1 saturated carbocycles. The van der Waals surface area contributed by atoms with Gasteiger partial charge >= 0.3 is 12.0 Å². The Kier molecular flexibility index (Phi) is 4.03. The van der Waals surface area contributed by atoms with E-state index in [-0.39, 0.29) is 12.5 Å². The van der Waals surface area contributed by atoms with Gasteiger partial charge in [-0.05, 0) is 12.8 Å². The maximum absolute atomic E-state index is 11.8. The fourth-order valence-electron chi connectivity index (χ4n) is 2.53. The molecule has 7 heteroatoms. The zero-order chi connectivity index (χ0) is 13.7. The van der Waals surface area contributed by atoms with Gasteiger partial charge in [-0.25, -0.2) is 9.78 Å². The summed E-state index contributed by atoms with van der Waals surface area (Å²) in [4.78, 5) is 29.6. The first-order valence-electron chi connectivity index (χ1n) is 6.36. The minimum Gasteiger partial charge on any atom is -0.481 e. The Hall–Kier alpha value is -2.05. The van der Waals surface area contributed by atoms with E-state index < -0.39 is 11.5 Å². The number of hydrogen-bond acceptors (Lipinski definition) is 3. The van der Waals surface area contributed by atoms with Crippen molar-refractivity contribution in [3.8, 4) is 0 Å². The third-order valence-corrected chi connectivity index (χ3v) is 3.40. The highest BCUT2D eigenvalue weighted by atomic mass is 16.4. The summed E-state index contributed by atoms with van der Waals surface area (Å²) in [5, 5.41) is 14.4. The minimum absolute atomic E-state index is 0.0266. The van der Waals surface area contributed by atoms with Crippen molar-refractivity contribution in [3.63, 3.8) is 0 Å². The third kappa shape index (κ3) is 3.70. The van der Waals surface area contributed by atoms with Crippen LogP contribution in [0.1, 0.15) is 37.9 Å². The molecule has 1 aromatic heterocycles. The van der Waals surface area contributed by atoms with Gasteiger partial charge in [0.2, 0.25) is 0 Å². The van der Waals surface area contributed by atoms with Gasteiger partial charge in [0.1, 0.15) is 5.82 Å². The van der Waals surface area contributed by atoms with E-state index in [1.54, 1.807) is 12.4 Å². The lowest BCUT2D eigenvalue weighted by atomic mass is 9.93. The van der Waals surface area contributed by atoms with Crippen LogP contribution in [0.3, 0.4) is 0 Å². The Bertz CT molecular complexity index is 438. The Labute approximate surface area is 110 Å². The topological polar surface area (TPSA) is 107 Å². The molecule has 0 radical (unpaired) electrons. The standard InChI is InChI=1S/C12H18N4O3/c17-10(18)7-12(3-1-2-4-12)16-11(19)15-8-9-13-5-6-14-9/h5-6H,1-4,7-8H2,(H,13,14)(H,17,18)(H2,15,16,19). The number of amides is 2. The van der Waals surface area contributed by atoms with Crippen molar-refractivity contribution in [1.82, 2.24) is 20.6 Å². The van der Waals surface area contributed by atoms with Gasteiger partial charge in [0.15, 0.2) is 0 Å². The van der Waals surface area contributed by atoms with E-state index in [4.69, 9.17) is 5.11 Å². The second-order valence-electron chi connectivity index (χ2n) is 4.90. The van der Waals surface area contributed by atoms with Crippen LogP contribution < -0.4 is 10.6 Å². The van der Waals surface area contributed by atoms with Gasteiger partial charge in [-0.15, -0.1) is 0 Å². The molecule has 2 amide bonds. The Morgan fingerprint density at radius 1 is 1.42 bits per heavy atom. The minimum atomic E-state index is -0.881. The molecule has 1 aromatic rings. The maximum Gasteiger partial charge on any atom is 0.315 e. The molecule has 19 heavy (non-hydrogen) atoms. The number of rotatable bonds is 5. The third-order valence-electron chi connectivity index (χ3n) is 3.40. The summed E-state index contributed by atoms with van der Waals surface area (Å²) >= 11 is 0. The summed E-state index contributed by atoms with van der Waals surface area (Å²) in [5.41, 5.74) is -0.598. The first-order valence-corrected chi connectivity index (χ1v) is 6.36. The van der Waals surface area contributed by atoms with Crippen LogP contribution in [0.5, 0.6) is 0 Å².